The Morgan fingerprint density at radius 3 is 2.52 bits per heavy atom. The van der Waals surface area contributed by atoms with Crippen LogP contribution in [-0.4, -0.2) is 73.9 Å². The van der Waals surface area contributed by atoms with Gasteiger partial charge in [0.2, 0.25) is 0 Å². The molecule has 0 unspecified atom stereocenters. The predicted molar refractivity (Wildman–Crippen MR) is 237 cm³/mol. The highest BCUT2D eigenvalue weighted by molar-refractivity contribution is 7.15. The molecule has 2 saturated carbocycles. The highest BCUT2D eigenvalue weighted by atomic mass is 32.1. The second-order valence-corrected chi connectivity index (χ2v) is 18.4. The van der Waals surface area contributed by atoms with E-state index in [1.165, 1.54) is 10.4 Å². The molecule has 3 fully saturated rings. The first-order valence-electron chi connectivity index (χ1n) is 21.4. The first-order valence-corrected chi connectivity index (χ1v) is 22.2. The summed E-state index contributed by atoms with van der Waals surface area (Å²) in [5.74, 6) is 11.3. The maximum Gasteiger partial charge on any atom is 0.272 e. The van der Waals surface area contributed by atoms with E-state index in [0.717, 1.165) is 96.5 Å². The zero-order chi connectivity index (χ0) is 43.2. The fourth-order valence-electron chi connectivity index (χ4n) is 9.44. The molecule has 0 bridgehead atoms. The van der Waals surface area contributed by atoms with Crippen LogP contribution >= 0.6 is 11.3 Å². The van der Waals surface area contributed by atoms with Crippen LogP contribution in [0.5, 0.6) is 11.5 Å². The van der Waals surface area contributed by atoms with Gasteiger partial charge in [0.25, 0.3) is 5.91 Å². The molecule has 15 heteroatoms. The third-order valence-electron chi connectivity index (χ3n) is 12.9. The van der Waals surface area contributed by atoms with Crippen molar-refractivity contribution in [3.8, 4) is 34.4 Å². The summed E-state index contributed by atoms with van der Waals surface area (Å²) in [6.07, 6.45) is 9.09. The number of amides is 1. The molecule has 63 heavy (non-hydrogen) atoms. The van der Waals surface area contributed by atoms with E-state index in [1.807, 2.05) is 13.0 Å². The van der Waals surface area contributed by atoms with Gasteiger partial charge < -0.3 is 24.1 Å². The van der Waals surface area contributed by atoms with Crippen molar-refractivity contribution >= 4 is 28.8 Å². The van der Waals surface area contributed by atoms with Crippen molar-refractivity contribution in [2.24, 2.45) is 16.3 Å². The van der Waals surface area contributed by atoms with Crippen LogP contribution < -0.4 is 19.7 Å². The smallest absolute Gasteiger partial charge is 0.272 e. The van der Waals surface area contributed by atoms with Crippen LogP contribution in [0.4, 0.5) is 5.82 Å². The number of ether oxygens (including phenoxy) is 2. The molecule has 1 spiro atoms. The fraction of sp³-hybridized carbons (Fsp3) is 0.375. The first kappa shape index (κ1) is 40.2. The topological polar surface area (TPSA) is 169 Å². The highest BCUT2D eigenvalue weighted by Gasteiger charge is 2.52. The van der Waals surface area contributed by atoms with Gasteiger partial charge in [-0.15, -0.1) is 31.7 Å². The van der Waals surface area contributed by atoms with E-state index in [-0.39, 0.29) is 29.5 Å². The molecule has 14 nitrogen and oxygen atoms in total. The second-order valence-electron chi connectivity index (χ2n) is 17.2. The number of benzene rings is 2. The molecule has 6 heterocycles. The number of carbonyl (C=O) groups excluding carboxylic acids is 1. The van der Waals surface area contributed by atoms with E-state index in [1.54, 1.807) is 55.2 Å². The van der Waals surface area contributed by atoms with Gasteiger partial charge in [0.15, 0.2) is 23.2 Å². The van der Waals surface area contributed by atoms with Crippen LogP contribution in [0.3, 0.4) is 0 Å². The summed E-state index contributed by atoms with van der Waals surface area (Å²) in [4.78, 5) is 26.3. The Hall–Kier alpha value is -6.84. The SMILES string of the molecule is COc1cc(OC2CCC(NC(=O)c3ccc(N4CC5(CC(C#Cc6ccc(C7=N[C@@H](Cc8ncco8)c8nnc(C)n8-c8sc(C)c(C)c87)cc6)C5)C4)nn3)CC2)ccc1C#N. The minimum absolute atomic E-state index is 0.0332. The number of hydrogen-bond donors (Lipinski definition) is 1. The number of hydrogen-bond acceptors (Lipinski definition) is 13. The summed E-state index contributed by atoms with van der Waals surface area (Å²) in [6, 6.07) is 19.2. The van der Waals surface area contributed by atoms with E-state index in [4.69, 9.17) is 18.9 Å². The summed E-state index contributed by atoms with van der Waals surface area (Å²) in [7, 11) is 1.54. The Labute approximate surface area is 369 Å². The van der Waals surface area contributed by atoms with Crippen LogP contribution in [0.1, 0.15) is 105 Å². The minimum Gasteiger partial charge on any atom is -0.495 e. The highest BCUT2D eigenvalue weighted by Crippen LogP contribution is 2.52. The molecule has 1 atom stereocenters. The molecule has 1 amide bonds. The van der Waals surface area contributed by atoms with Gasteiger partial charge in [-0.2, -0.15) is 5.26 Å². The third kappa shape index (κ3) is 7.82. The molecule has 4 aromatic heterocycles. The molecule has 2 aliphatic carbocycles. The molecular weight excluding hydrogens is 813 g/mol. The number of rotatable bonds is 9. The first-order chi connectivity index (χ1) is 30.7. The summed E-state index contributed by atoms with van der Waals surface area (Å²) < 4.78 is 19.3. The number of thiophene rings is 1. The Morgan fingerprint density at radius 1 is 1.00 bits per heavy atom. The lowest BCUT2D eigenvalue weighted by Crippen LogP contribution is -2.62. The second kappa shape index (κ2) is 16.5. The molecular formula is C48H46N10O4S. The Morgan fingerprint density at radius 2 is 1.81 bits per heavy atom. The van der Waals surface area contributed by atoms with E-state index < -0.39 is 0 Å². The zero-order valence-electron chi connectivity index (χ0n) is 35.6. The summed E-state index contributed by atoms with van der Waals surface area (Å²) in [5, 5.41) is 31.2. The van der Waals surface area contributed by atoms with Crippen molar-refractivity contribution in [1.82, 2.24) is 35.3 Å². The lowest BCUT2D eigenvalue weighted by atomic mass is 9.58. The Bertz CT molecular complexity index is 2810. The van der Waals surface area contributed by atoms with Gasteiger partial charge in [-0.1, -0.05) is 24.0 Å². The minimum atomic E-state index is -0.317. The number of aryl methyl sites for hydroxylation is 2. The number of anilines is 1. The van der Waals surface area contributed by atoms with Gasteiger partial charge in [-0.05, 0) is 101 Å². The van der Waals surface area contributed by atoms with Crippen molar-refractivity contribution in [3.63, 3.8) is 0 Å². The average Bonchev–Trinajstić information content (AvgIpc) is 3.98. The van der Waals surface area contributed by atoms with Gasteiger partial charge in [0.1, 0.15) is 40.7 Å². The Balaban J connectivity index is 0.717. The van der Waals surface area contributed by atoms with Gasteiger partial charge in [0, 0.05) is 58.1 Å². The lowest BCUT2D eigenvalue weighted by molar-refractivity contribution is 0.0520. The van der Waals surface area contributed by atoms with Crippen molar-refractivity contribution in [2.45, 2.75) is 83.9 Å². The standard InChI is InChI=1S/C48H46N10O4S/c1-28-29(2)63-47-43(28)44(52-39(22-42-50-19-20-61-42)45-56-53-30(3)58(45)47)33-9-7-31(8-10-33)5-6-32-23-48(24-32)26-57(27-48)41-18-17-38(54-55-41)46(59)51-35-12-15-36(16-13-35)62-37-14-11-34(25-49)40(21-37)60-4/h7-11,14,17-21,32,35-36,39H,12-13,15-16,22-24,26-27H2,1-4H3,(H,51,59)/t35?,36?,39-/m0/s1. The van der Waals surface area contributed by atoms with Crippen LogP contribution in [0.15, 0.2) is 76.5 Å². The van der Waals surface area contributed by atoms with E-state index >= 15 is 0 Å². The van der Waals surface area contributed by atoms with Crippen molar-refractivity contribution in [3.05, 3.63) is 123 Å². The maximum atomic E-state index is 13.1. The monoisotopic (exact) mass is 858 g/mol. The van der Waals surface area contributed by atoms with Gasteiger partial charge in [0.05, 0.1) is 37.1 Å². The van der Waals surface area contributed by atoms with Gasteiger partial charge in [-0.25, -0.2) is 4.98 Å². The molecule has 318 valence electrons. The number of nitriles is 1. The summed E-state index contributed by atoms with van der Waals surface area (Å²) >= 11 is 1.74. The number of carbonyl (C=O) groups is 1. The summed E-state index contributed by atoms with van der Waals surface area (Å²) in [5.41, 5.74) is 6.29. The quantitative estimate of drug-likeness (QED) is 0.144. The Kier molecular flexibility index (Phi) is 10.5. The number of nitrogens with zero attached hydrogens (tertiary/aromatic N) is 9. The lowest BCUT2D eigenvalue weighted by Gasteiger charge is -2.58. The normalized spacial score (nSPS) is 19.8. The molecule has 2 aliphatic heterocycles. The van der Waals surface area contributed by atoms with Crippen molar-refractivity contribution in [2.75, 3.05) is 25.1 Å². The van der Waals surface area contributed by atoms with E-state index in [2.05, 4.69) is 96.2 Å². The number of fused-ring (bicyclic) bond motifs is 3. The summed E-state index contributed by atoms with van der Waals surface area (Å²) in [6.45, 7) is 8.13. The zero-order valence-corrected chi connectivity index (χ0v) is 36.4. The molecule has 10 rings (SSSR count). The third-order valence-corrected chi connectivity index (χ3v) is 14.1. The molecule has 1 saturated heterocycles. The number of aromatic nitrogens is 6. The molecule has 6 aromatic rings. The van der Waals surface area contributed by atoms with Crippen LogP contribution in [0, 0.1) is 55.3 Å². The molecule has 0 radical (unpaired) electrons. The molecule has 1 N–H and O–H groups in total. The number of oxazole rings is 1. The van der Waals surface area contributed by atoms with E-state index in [9.17, 15) is 10.1 Å². The maximum absolute atomic E-state index is 13.1. The average molecular weight is 859 g/mol. The largest absolute Gasteiger partial charge is 0.495 e. The van der Waals surface area contributed by atoms with Crippen LogP contribution in [0.2, 0.25) is 0 Å². The van der Waals surface area contributed by atoms with Gasteiger partial charge in [-0.3, -0.25) is 14.4 Å². The predicted octanol–water partition coefficient (Wildman–Crippen LogP) is 7.44. The molecule has 4 aliphatic rings. The number of methoxy groups -OCH3 is 1. The van der Waals surface area contributed by atoms with Gasteiger partial charge >= 0.3 is 0 Å². The van der Waals surface area contributed by atoms with Crippen LogP contribution in [-0.2, 0) is 6.42 Å². The van der Waals surface area contributed by atoms with Crippen molar-refractivity contribution < 1.29 is 18.7 Å². The molecule has 2 aromatic carbocycles. The fourth-order valence-corrected chi connectivity index (χ4v) is 10.7. The number of aliphatic imine (C=N–C) groups is 1. The van der Waals surface area contributed by atoms with E-state index in [0.29, 0.717) is 41.0 Å². The van der Waals surface area contributed by atoms with Crippen molar-refractivity contribution in [1.29, 1.82) is 5.26 Å². The number of nitrogens with one attached hydrogen (secondary N) is 1. The van der Waals surface area contributed by atoms with Crippen LogP contribution in [0.25, 0.3) is 5.00 Å².